The van der Waals surface area contributed by atoms with Crippen molar-refractivity contribution in [2.45, 2.75) is 77.5 Å². The first-order valence-corrected chi connectivity index (χ1v) is 8.78. The summed E-state index contributed by atoms with van der Waals surface area (Å²) < 4.78 is 12.1. The van der Waals surface area contributed by atoms with Gasteiger partial charge in [0.1, 0.15) is 0 Å². The van der Waals surface area contributed by atoms with E-state index < -0.39 is 7.12 Å². The molecule has 0 bridgehead atoms. The van der Waals surface area contributed by atoms with Gasteiger partial charge in [0.2, 0.25) is 5.95 Å². The van der Waals surface area contributed by atoms with E-state index >= 15 is 0 Å². The number of nitrogens with zero attached hydrogens (tertiary/aromatic N) is 3. The summed E-state index contributed by atoms with van der Waals surface area (Å²) in [5.74, 6) is 0.819. The van der Waals surface area contributed by atoms with Crippen molar-refractivity contribution in [2.24, 2.45) is 0 Å². The average Bonchev–Trinajstić information content (AvgIpc) is 3.08. The smallest absolute Gasteiger partial charge is 0.399 e. The van der Waals surface area contributed by atoms with Crippen LogP contribution in [-0.4, -0.2) is 40.9 Å². The summed E-state index contributed by atoms with van der Waals surface area (Å²) >= 11 is 0. The molecule has 2 aliphatic rings. The van der Waals surface area contributed by atoms with Crippen LogP contribution in [0.4, 0.5) is 5.95 Å². The van der Waals surface area contributed by atoms with Gasteiger partial charge in [-0.3, -0.25) is 0 Å². The SMILES string of the molecule is CCN(c1ncc(B2OC(C)(C)C(C)(C)O2)cn1)C1CCCC1. The zero-order valence-electron chi connectivity index (χ0n) is 15.0. The molecule has 0 unspecified atom stereocenters. The molecule has 1 aliphatic carbocycles. The molecule has 0 radical (unpaired) electrons. The van der Waals surface area contributed by atoms with Crippen LogP contribution < -0.4 is 10.4 Å². The van der Waals surface area contributed by atoms with Gasteiger partial charge in [0.25, 0.3) is 0 Å². The molecule has 0 N–H and O–H groups in total. The van der Waals surface area contributed by atoms with E-state index in [-0.39, 0.29) is 11.2 Å². The molecule has 1 saturated heterocycles. The highest BCUT2D eigenvalue weighted by Crippen LogP contribution is 2.36. The summed E-state index contributed by atoms with van der Waals surface area (Å²) in [5, 5.41) is 0. The summed E-state index contributed by atoms with van der Waals surface area (Å²) in [6.07, 6.45) is 8.82. The first-order valence-electron chi connectivity index (χ1n) is 8.78. The third-order valence-corrected chi connectivity index (χ3v) is 5.55. The number of rotatable bonds is 4. The van der Waals surface area contributed by atoms with E-state index in [4.69, 9.17) is 9.31 Å². The normalized spacial score (nSPS) is 23.4. The molecular weight excluding hydrogens is 289 g/mol. The van der Waals surface area contributed by atoms with Crippen LogP contribution in [0.3, 0.4) is 0 Å². The molecule has 0 aromatic carbocycles. The standard InChI is InChI=1S/C17H28BN3O2/c1-6-21(14-9-7-8-10-14)15-19-11-13(12-20-15)18-22-16(2,3)17(4,5)23-18/h11-12,14H,6-10H2,1-5H3. The van der Waals surface area contributed by atoms with Gasteiger partial charge in [0, 0.05) is 30.4 Å². The molecule has 1 saturated carbocycles. The molecule has 0 amide bonds. The Bertz CT molecular complexity index is 525. The fraction of sp³-hybridized carbons (Fsp3) is 0.765. The maximum atomic E-state index is 6.06. The fourth-order valence-electron chi connectivity index (χ4n) is 3.36. The minimum absolute atomic E-state index is 0.338. The monoisotopic (exact) mass is 317 g/mol. The molecule has 6 heteroatoms. The summed E-state index contributed by atoms with van der Waals surface area (Å²) in [5.41, 5.74) is 0.209. The molecule has 1 aromatic heterocycles. The van der Waals surface area contributed by atoms with Crippen molar-refractivity contribution in [2.75, 3.05) is 11.4 Å². The van der Waals surface area contributed by atoms with Crippen LogP contribution >= 0.6 is 0 Å². The largest absolute Gasteiger partial charge is 0.498 e. The lowest BCUT2D eigenvalue weighted by atomic mass is 9.81. The van der Waals surface area contributed by atoms with Crippen LogP contribution in [0, 0.1) is 0 Å². The predicted octanol–water partition coefficient (Wildman–Crippen LogP) is 2.54. The van der Waals surface area contributed by atoms with E-state index in [0.29, 0.717) is 6.04 Å². The second kappa shape index (κ2) is 6.06. The van der Waals surface area contributed by atoms with Crippen LogP contribution in [0.1, 0.15) is 60.3 Å². The Hall–Kier alpha value is -1.14. The zero-order valence-corrected chi connectivity index (χ0v) is 15.0. The maximum absolute atomic E-state index is 6.06. The Kier molecular flexibility index (Phi) is 4.40. The average molecular weight is 317 g/mol. The number of hydrogen-bond donors (Lipinski definition) is 0. The summed E-state index contributed by atoms with van der Waals surface area (Å²) in [4.78, 5) is 11.5. The second-order valence-electron chi connectivity index (χ2n) is 7.63. The summed E-state index contributed by atoms with van der Waals surface area (Å²) in [7, 11) is -0.393. The van der Waals surface area contributed by atoms with Gasteiger partial charge < -0.3 is 14.2 Å². The molecule has 23 heavy (non-hydrogen) atoms. The van der Waals surface area contributed by atoms with Gasteiger partial charge in [-0.25, -0.2) is 9.97 Å². The van der Waals surface area contributed by atoms with Gasteiger partial charge in [-0.15, -0.1) is 0 Å². The molecule has 1 aliphatic heterocycles. The molecule has 126 valence electrons. The predicted molar refractivity (Wildman–Crippen MR) is 93.0 cm³/mol. The lowest BCUT2D eigenvalue weighted by Gasteiger charge is -2.32. The van der Waals surface area contributed by atoms with E-state index in [1.807, 2.05) is 12.4 Å². The third kappa shape index (κ3) is 3.11. The molecular formula is C17H28BN3O2. The molecule has 0 atom stereocenters. The lowest BCUT2D eigenvalue weighted by molar-refractivity contribution is 0.00578. The summed E-state index contributed by atoms with van der Waals surface area (Å²) in [6.45, 7) is 11.3. The first kappa shape index (κ1) is 16.7. The third-order valence-electron chi connectivity index (χ3n) is 5.55. The Morgan fingerprint density at radius 2 is 1.61 bits per heavy atom. The molecule has 3 rings (SSSR count). The van der Waals surface area contributed by atoms with Crippen LogP contribution in [-0.2, 0) is 9.31 Å². The lowest BCUT2D eigenvalue weighted by Crippen LogP contribution is -2.41. The van der Waals surface area contributed by atoms with Gasteiger partial charge in [-0.1, -0.05) is 12.8 Å². The minimum Gasteiger partial charge on any atom is -0.399 e. The number of aromatic nitrogens is 2. The van der Waals surface area contributed by atoms with E-state index in [1.165, 1.54) is 25.7 Å². The van der Waals surface area contributed by atoms with Gasteiger partial charge in [0.05, 0.1) is 11.2 Å². The van der Waals surface area contributed by atoms with Crippen molar-refractivity contribution in [1.82, 2.24) is 9.97 Å². The Morgan fingerprint density at radius 3 is 2.09 bits per heavy atom. The fourth-order valence-corrected chi connectivity index (χ4v) is 3.36. The quantitative estimate of drug-likeness (QED) is 0.799. The Labute approximate surface area is 139 Å². The van der Waals surface area contributed by atoms with E-state index in [0.717, 1.165) is 18.0 Å². The number of hydrogen-bond acceptors (Lipinski definition) is 5. The van der Waals surface area contributed by atoms with Gasteiger partial charge in [-0.2, -0.15) is 0 Å². The van der Waals surface area contributed by atoms with Crippen molar-refractivity contribution in [1.29, 1.82) is 0 Å². The van der Waals surface area contributed by atoms with Crippen LogP contribution in [0.15, 0.2) is 12.4 Å². The topological polar surface area (TPSA) is 47.5 Å². The van der Waals surface area contributed by atoms with Crippen LogP contribution in [0.25, 0.3) is 0 Å². The Balaban J connectivity index is 1.75. The second-order valence-corrected chi connectivity index (χ2v) is 7.63. The molecule has 0 spiro atoms. The highest BCUT2D eigenvalue weighted by Gasteiger charge is 2.52. The zero-order chi connectivity index (χ0) is 16.7. The molecule has 5 nitrogen and oxygen atoms in total. The van der Waals surface area contributed by atoms with Gasteiger partial charge in [0.15, 0.2) is 0 Å². The van der Waals surface area contributed by atoms with Crippen LogP contribution in [0.5, 0.6) is 0 Å². The van der Waals surface area contributed by atoms with Crippen molar-refractivity contribution in [3.63, 3.8) is 0 Å². The van der Waals surface area contributed by atoms with E-state index in [1.54, 1.807) is 0 Å². The van der Waals surface area contributed by atoms with Crippen LogP contribution in [0.2, 0.25) is 0 Å². The highest BCUT2D eigenvalue weighted by atomic mass is 16.7. The van der Waals surface area contributed by atoms with Gasteiger partial charge in [-0.05, 0) is 47.5 Å². The first-order chi connectivity index (χ1) is 10.8. The summed E-state index contributed by atoms with van der Waals surface area (Å²) in [6, 6.07) is 0.586. The van der Waals surface area contributed by atoms with Crippen molar-refractivity contribution >= 4 is 18.5 Å². The number of anilines is 1. The van der Waals surface area contributed by atoms with Crippen molar-refractivity contribution in [3.8, 4) is 0 Å². The molecule has 2 heterocycles. The van der Waals surface area contributed by atoms with E-state index in [2.05, 4.69) is 49.5 Å². The maximum Gasteiger partial charge on any atom is 0.498 e. The Morgan fingerprint density at radius 1 is 1.09 bits per heavy atom. The van der Waals surface area contributed by atoms with Crippen molar-refractivity contribution < 1.29 is 9.31 Å². The van der Waals surface area contributed by atoms with E-state index in [9.17, 15) is 0 Å². The van der Waals surface area contributed by atoms with Gasteiger partial charge >= 0.3 is 7.12 Å². The highest BCUT2D eigenvalue weighted by molar-refractivity contribution is 6.61. The molecule has 2 fully saturated rings. The minimum atomic E-state index is -0.393. The molecule has 1 aromatic rings. The van der Waals surface area contributed by atoms with Crippen molar-refractivity contribution in [3.05, 3.63) is 12.4 Å².